The molecule has 15 heavy (non-hydrogen) atoms. The van der Waals surface area contributed by atoms with E-state index < -0.39 is 12.1 Å². The molecular formula is C12H9F3. The molecule has 0 fully saturated rings. The van der Waals surface area contributed by atoms with Crippen LogP contribution in [0.2, 0.25) is 0 Å². The Morgan fingerprint density at radius 2 is 1.67 bits per heavy atom. The van der Waals surface area contributed by atoms with E-state index in [0.717, 1.165) is 5.56 Å². The van der Waals surface area contributed by atoms with Crippen molar-refractivity contribution < 1.29 is 13.2 Å². The Balaban J connectivity index is 2.26. The van der Waals surface area contributed by atoms with Gasteiger partial charge >= 0.3 is 6.18 Å². The fraction of sp³-hybridized carbons (Fsp3) is 0.167. The van der Waals surface area contributed by atoms with Crippen LogP contribution in [0.5, 0.6) is 0 Å². The second kappa shape index (κ2) is 3.57. The van der Waals surface area contributed by atoms with E-state index in [1.54, 1.807) is 12.1 Å². The first-order valence-corrected chi connectivity index (χ1v) is 4.59. The average Bonchev–Trinajstić information content (AvgIpc) is 2.67. The summed E-state index contributed by atoms with van der Waals surface area (Å²) in [6.07, 6.45) is -0.224. The summed E-state index contributed by atoms with van der Waals surface area (Å²) in [6.45, 7) is 0. The highest BCUT2D eigenvalue weighted by molar-refractivity contribution is 5.76. The molecule has 1 aliphatic rings. The minimum Gasteiger partial charge on any atom is -0.170 e. The minimum absolute atomic E-state index is 0.637. The lowest BCUT2D eigenvalue weighted by Crippen LogP contribution is -2.17. The Morgan fingerprint density at radius 3 is 2.20 bits per heavy atom. The van der Waals surface area contributed by atoms with Crippen molar-refractivity contribution in [3.63, 3.8) is 0 Å². The van der Waals surface area contributed by atoms with Crippen LogP contribution >= 0.6 is 0 Å². The number of alkyl halides is 3. The molecule has 0 saturated heterocycles. The van der Waals surface area contributed by atoms with Gasteiger partial charge in [0.2, 0.25) is 0 Å². The van der Waals surface area contributed by atoms with E-state index in [2.05, 4.69) is 0 Å². The van der Waals surface area contributed by atoms with E-state index in [1.807, 2.05) is 18.2 Å². The molecule has 0 aliphatic heterocycles. The second-order valence-corrected chi connectivity index (χ2v) is 3.41. The summed E-state index contributed by atoms with van der Waals surface area (Å²) in [7, 11) is 0. The third kappa shape index (κ3) is 2.12. The Kier molecular flexibility index (Phi) is 2.39. The molecular weight excluding hydrogens is 201 g/mol. The Morgan fingerprint density at radius 1 is 1.00 bits per heavy atom. The predicted molar refractivity (Wildman–Crippen MR) is 53.1 cm³/mol. The molecule has 1 atom stereocenters. The first kappa shape index (κ1) is 10.0. The standard InChI is InChI=1S/C12H9F3/c13-12(14,15)11-7-6-10(8-11)9-4-2-1-3-5-9/h1-8,11H. The zero-order chi connectivity index (χ0) is 10.9. The van der Waals surface area contributed by atoms with E-state index in [9.17, 15) is 13.2 Å². The first-order valence-electron chi connectivity index (χ1n) is 4.59. The van der Waals surface area contributed by atoms with Crippen molar-refractivity contribution in [2.45, 2.75) is 6.18 Å². The second-order valence-electron chi connectivity index (χ2n) is 3.41. The molecule has 2 rings (SSSR count). The van der Waals surface area contributed by atoms with Crippen LogP contribution in [0.3, 0.4) is 0 Å². The maximum absolute atomic E-state index is 12.4. The SMILES string of the molecule is FC(F)(F)C1C=CC(c2ccccc2)=C1. The molecule has 0 aromatic heterocycles. The van der Waals surface area contributed by atoms with Gasteiger partial charge in [0.15, 0.2) is 0 Å². The average molecular weight is 210 g/mol. The van der Waals surface area contributed by atoms with Crippen LogP contribution < -0.4 is 0 Å². The van der Waals surface area contributed by atoms with E-state index in [0.29, 0.717) is 5.57 Å². The summed E-state index contributed by atoms with van der Waals surface area (Å²) < 4.78 is 37.1. The van der Waals surface area contributed by atoms with Crippen molar-refractivity contribution in [2.24, 2.45) is 5.92 Å². The molecule has 3 heteroatoms. The van der Waals surface area contributed by atoms with Gasteiger partial charge in [-0.2, -0.15) is 13.2 Å². The lowest BCUT2D eigenvalue weighted by Gasteiger charge is -2.09. The third-order valence-electron chi connectivity index (χ3n) is 2.33. The quantitative estimate of drug-likeness (QED) is 0.661. The van der Waals surface area contributed by atoms with Crippen LogP contribution in [0.25, 0.3) is 5.57 Å². The molecule has 0 heterocycles. The van der Waals surface area contributed by atoms with Gasteiger partial charge in [0.1, 0.15) is 0 Å². The number of allylic oxidation sites excluding steroid dienone is 4. The molecule has 0 spiro atoms. The van der Waals surface area contributed by atoms with E-state index in [4.69, 9.17) is 0 Å². The summed E-state index contributed by atoms with van der Waals surface area (Å²) in [6, 6.07) is 9.06. The summed E-state index contributed by atoms with van der Waals surface area (Å²) in [5, 5.41) is 0. The number of hydrogen-bond donors (Lipinski definition) is 0. The van der Waals surface area contributed by atoms with Crippen molar-refractivity contribution >= 4 is 5.57 Å². The number of hydrogen-bond acceptors (Lipinski definition) is 0. The molecule has 1 aromatic rings. The molecule has 0 N–H and O–H groups in total. The van der Waals surface area contributed by atoms with E-state index >= 15 is 0 Å². The molecule has 0 radical (unpaired) electrons. The van der Waals surface area contributed by atoms with Gasteiger partial charge in [-0.3, -0.25) is 0 Å². The zero-order valence-electron chi connectivity index (χ0n) is 7.83. The highest BCUT2D eigenvalue weighted by Crippen LogP contribution is 2.35. The van der Waals surface area contributed by atoms with Gasteiger partial charge in [-0.25, -0.2) is 0 Å². The van der Waals surface area contributed by atoms with Crippen molar-refractivity contribution in [3.8, 4) is 0 Å². The largest absolute Gasteiger partial charge is 0.398 e. The van der Waals surface area contributed by atoms with Gasteiger partial charge in [0, 0.05) is 0 Å². The van der Waals surface area contributed by atoms with Gasteiger partial charge in [0.05, 0.1) is 5.92 Å². The molecule has 78 valence electrons. The minimum atomic E-state index is -4.17. The van der Waals surface area contributed by atoms with Gasteiger partial charge in [0.25, 0.3) is 0 Å². The summed E-state index contributed by atoms with van der Waals surface area (Å²) in [5.41, 5.74) is 1.46. The van der Waals surface area contributed by atoms with Crippen molar-refractivity contribution in [2.75, 3.05) is 0 Å². The highest BCUT2D eigenvalue weighted by Gasteiger charge is 2.37. The van der Waals surface area contributed by atoms with Crippen LogP contribution in [-0.2, 0) is 0 Å². The van der Waals surface area contributed by atoms with Crippen LogP contribution in [0, 0.1) is 5.92 Å². The monoisotopic (exact) mass is 210 g/mol. The summed E-state index contributed by atoms with van der Waals surface area (Å²) >= 11 is 0. The fourth-order valence-electron chi connectivity index (χ4n) is 1.54. The molecule has 1 unspecified atom stereocenters. The Hall–Kier alpha value is -1.51. The van der Waals surface area contributed by atoms with Gasteiger partial charge in [-0.15, -0.1) is 0 Å². The van der Waals surface area contributed by atoms with Crippen LogP contribution in [-0.4, -0.2) is 6.18 Å². The molecule has 0 nitrogen and oxygen atoms in total. The molecule has 1 aliphatic carbocycles. The Labute approximate surface area is 85.7 Å². The van der Waals surface area contributed by atoms with E-state index in [1.165, 1.54) is 18.2 Å². The van der Waals surface area contributed by atoms with Crippen LogP contribution in [0.4, 0.5) is 13.2 Å². The normalized spacial score (nSPS) is 20.5. The first-order chi connectivity index (χ1) is 7.07. The lowest BCUT2D eigenvalue weighted by atomic mass is 10.1. The van der Waals surface area contributed by atoms with Crippen LogP contribution in [0.1, 0.15) is 5.56 Å². The number of halogens is 3. The molecule has 0 amide bonds. The number of benzene rings is 1. The van der Waals surface area contributed by atoms with Gasteiger partial charge in [-0.05, 0) is 11.1 Å². The maximum Gasteiger partial charge on any atom is 0.398 e. The fourth-order valence-corrected chi connectivity index (χ4v) is 1.54. The number of rotatable bonds is 1. The van der Waals surface area contributed by atoms with Crippen molar-refractivity contribution in [1.29, 1.82) is 0 Å². The Bertz CT molecular complexity index is 399. The van der Waals surface area contributed by atoms with Gasteiger partial charge < -0.3 is 0 Å². The zero-order valence-corrected chi connectivity index (χ0v) is 7.83. The lowest BCUT2D eigenvalue weighted by molar-refractivity contribution is -0.148. The summed E-state index contributed by atoms with van der Waals surface area (Å²) in [4.78, 5) is 0. The predicted octanol–water partition coefficient (Wildman–Crippen LogP) is 3.82. The molecule has 0 bridgehead atoms. The van der Waals surface area contributed by atoms with Crippen molar-refractivity contribution in [1.82, 2.24) is 0 Å². The van der Waals surface area contributed by atoms with Gasteiger partial charge in [-0.1, -0.05) is 48.6 Å². The smallest absolute Gasteiger partial charge is 0.170 e. The van der Waals surface area contributed by atoms with Crippen molar-refractivity contribution in [3.05, 3.63) is 54.1 Å². The molecule has 0 saturated carbocycles. The third-order valence-corrected chi connectivity index (χ3v) is 2.33. The van der Waals surface area contributed by atoms with Crippen LogP contribution in [0.15, 0.2) is 48.6 Å². The maximum atomic E-state index is 12.4. The highest BCUT2D eigenvalue weighted by atomic mass is 19.4. The van der Waals surface area contributed by atoms with E-state index in [-0.39, 0.29) is 0 Å². The summed E-state index contributed by atoms with van der Waals surface area (Å²) in [5.74, 6) is -1.44. The molecule has 1 aromatic carbocycles. The topological polar surface area (TPSA) is 0 Å².